The summed E-state index contributed by atoms with van der Waals surface area (Å²) in [7, 11) is 1.81. The Kier molecular flexibility index (Phi) is 5.58. The van der Waals surface area contributed by atoms with Crippen molar-refractivity contribution in [2.75, 3.05) is 33.3 Å². The smallest absolute Gasteiger partial charge is 0.0710 e. The molecule has 90 valence electrons. The van der Waals surface area contributed by atoms with Crippen LogP contribution >= 0.6 is 0 Å². The van der Waals surface area contributed by atoms with E-state index in [2.05, 4.69) is 31.0 Å². The Morgan fingerprint density at radius 1 is 1.40 bits per heavy atom. The van der Waals surface area contributed by atoms with Gasteiger partial charge in [-0.05, 0) is 19.3 Å². The molecule has 0 spiro atoms. The molecule has 3 heteroatoms. The number of likely N-dealkylation sites (tertiary alicyclic amines) is 1. The molecule has 0 bridgehead atoms. The summed E-state index contributed by atoms with van der Waals surface area (Å²) >= 11 is 0. The predicted molar refractivity (Wildman–Crippen MR) is 64.2 cm³/mol. The molecular formula is C12H26N2O. The van der Waals surface area contributed by atoms with Crippen molar-refractivity contribution in [2.45, 2.75) is 39.3 Å². The van der Waals surface area contributed by atoms with Crippen molar-refractivity contribution >= 4 is 0 Å². The van der Waals surface area contributed by atoms with Crippen molar-refractivity contribution in [2.24, 2.45) is 5.92 Å². The van der Waals surface area contributed by atoms with Gasteiger partial charge in [-0.15, -0.1) is 0 Å². The van der Waals surface area contributed by atoms with Gasteiger partial charge in [-0.25, -0.2) is 0 Å². The lowest BCUT2D eigenvalue weighted by molar-refractivity contribution is 0.108. The molecule has 1 N–H and O–H groups in total. The molecule has 1 saturated heterocycles. The second-order valence-corrected chi connectivity index (χ2v) is 4.93. The Labute approximate surface area is 94.2 Å². The third-order valence-corrected chi connectivity index (χ3v) is 3.46. The van der Waals surface area contributed by atoms with Crippen LogP contribution in [0.25, 0.3) is 0 Å². The first-order chi connectivity index (χ1) is 7.13. The Balaban J connectivity index is 2.06. The molecule has 0 aromatic heterocycles. The van der Waals surface area contributed by atoms with E-state index in [0.717, 1.165) is 25.6 Å². The molecule has 15 heavy (non-hydrogen) atoms. The highest BCUT2D eigenvalue weighted by atomic mass is 16.5. The van der Waals surface area contributed by atoms with Crippen LogP contribution in [0.5, 0.6) is 0 Å². The van der Waals surface area contributed by atoms with Crippen LogP contribution in [-0.2, 0) is 4.74 Å². The third-order valence-electron chi connectivity index (χ3n) is 3.46. The van der Waals surface area contributed by atoms with Gasteiger partial charge in [0.25, 0.3) is 0 Å². The SMILES string of the molecule is COC1CCN(CCNC(C)C(C)C)C1. The molecule has 1 heterocycles. The van der Waals surface area contributed by atoms with Crippen LogP contribution in [0, 0.1) is 5.92 Å². The standard InChI is InChI=1S/C12H26N2O/c1-10(2)11(3)13-6-8-14-7-5-12(9-14)15-4/h10-13H,5-9H2,1-4H3. The summed E-state index contributed by atoms with van der Waals surface area (Å²) in [5.74, 6) is 0.718. The largest absolute Gasteiger partial charge is 0.380 e. The number of nitrogens with one attached hydrogen (secondary N) is 1. The monoisotopic (exact) mass is 214 g/mol. The molecule has 1 fully saturated rings. The number of methoxy groups -OCH3 is 1. The van der Waals surface area contributed by atoms with Gasteiger partial charge in [-0.1, -0.05) is 13.8 Å². The highest BCUT2D eigenvalue weighted by Gasteiger charge is 2.21. The zero-order valence-electron chi connectivity index (χ0n) is 10.6. The Morgan fingerprint density at radius 3 is 2.67 bits per heavy atom. The number of hydrogen-bond donors (Lipinski definition) is 1. The van der Waals surface area contributed by atoms with Gasteiger partial charge in [-0.2, -0.15) is 0 Å². The minimum absolute atomic E-state index is 0.465. The number of rotatable bonds is 6. The first-order valence-corrected chi connectivity index (χ1v) is 6.12. The predicted octanol–water partition coefficient (Wildman–Crippen LogP) is 1.34. The minimum Gasteiger partial charge on any atom is -0.380 e. The molecular weight excluding hydrogens is 188 g/mol. The molecule has 0 aromatic rings. The van der Waals surface area contributed by atoms with Crippen molar-refractivity contribution in [1.82, 2.24) is 10.2 Å². The van der Waals surface area contributed by atoms with E-state index < -0.39 is 0 Å². The van der Waals surface area contributed by atoms with Gasteiger partial charge in [0.15, 0.2) is 0 Å². The van der Waals surface area contributed by atoms with Crippen LogP contribution < -0.4 is 5.32 Å². The van der Waals surface area contributed by atoms with Gasteiger partial charge >= 0.3 is 0 Å². The van der Waals surface area contributed by atoms with E-state index >= 15 is 0 Å². The van der Waals surface area contributed by atoms with E-state index in [9.17, 15) is 0 Å². The Bertz CT molecular complexity index is 173. The van der Waals surface area contributed by atoms with Gasteiger partial charge in [0.2, 0.25) is 0 Å². The average molecular weight is 214 g/mol. The highest BCUT2D eigenvalue weighted by molar-refractivity contribution is 4.76. The zero-order chi connectivity index (χ0) is 11.3. The Hall–Kier alpha value is -0.120. The van der Waals surface area contributed by atoms with Crippen molar-refractivity contribution in [1.29, 1.82) is 0 Å². The maximum Gasteiger partial charge on any atom is 0.0710 e. The summed E-state index contributed by atoms with van der Waals surface area (Å²) < 4.78 is 5.34. The second kappa shape index (κ2) is 6.46. The molecule has 0 amide bonds. The van der Waals surface area contributed by atoms with Crippen LogP contribution in [-0.4, -0.2) is 50.3 Å². The van der Waals surface area contributed by atoms with E-state index in [1.807, 2.05) is 7.11 Å². The highest BCUT2D eigenvalue weighted by Crippen LogP contribution is 2.10. The van der Waals surface area contributed by atoms with E-state index in [-0.39, 0.29) is 0 Å². The lowest BCUT2D eigenvalue weighted by Gasteiger charge is -2.20. The molecule has 2 unspecified atom stereocenters. The average Bonchev–Trinajstić information content (AvgIpc) is 2.65. The summed E-state index contributed by atoms with van der Waals surface area (Å²) in [6.45, 7) is 11.3. The number of ether oxygens (including phenoxy) is 1. The fraction of sp³-hybridized carbons (Fsp3) is 1.00. The summed E-state index contributed by atoms with van der Waals surface area (Å²) in [6, 6.07) is 0.617. The van der Waals surface area contributed by atoms with Crippen LogP contribution in [0.2, 0.25) is 0 Å². The lowest BCUT2D eigenvalue weighted by Crippen LogP contribution is -2.37. The number of hydrogen-bond acceptors (Lipinski definition) is 3. The molecule has 0 radical (unpaired) electrons. The van der Waals surface area contributed by atoms with Gasteiger partial charge < -0.3 is 10.1 Å². The van der Waals surface area contributed by atoms with E-state index in [1.165, 1.54) is 13.0 Å². The topological polar surface area (TPSA) is 24.5 Å². The van der Waals surface area contributed by atoms with Crippen molar-refractivity contribution in [3.8, 4) is 0 Å². The zero-order valence-corrected chi connectivity index (χ0v) is 10.6. The quantitative estimate of drug-likeness (QED) is 0.722. The normalized spacial score (nSPS) is 25.0. The van der Waals surface area contributed by atoms with Crippen LogP contribution in [0.15, 0.2) is 0 Å². The van der Waals surface area contributed by atoms with Crippen molar-refractivity contribution in [3.05, 3.63) is 0 Å². The molecule has 0 saturated carbocycles. The third kappa shape index (κ3) is 4.49. The molecule has 1 aliphatic rings. The van der Waals surface area contributed by atoms with E-state index in [1.54, 1.807) is 0 Å². The summed E-state index contributed by atoms with van der Waals surface area (Å²) in [5.41, 5.74) is 0. The second-order valence-electron chi connectivity index (χ2n) is 4.93. The summed E-state index contributed by atoms with van der Waals surface area (Å²) in [4.78, 5) is 2.48. The molecule has 2 atom stereocenters. The summed E-state index contributed by atoms with van der Waals surface area (Å²) in [6.07, 6.45) is 1.66. The first-order valence-electron chi connectivity index (χ1n) is 6.12. The molecule has 1 rings (SSSR count). The molecule has 0 aliphatic carbocycles. The molecule has 1 aliphatic heterocycles. The fourth-order valence-corrected chi connectivity index (χ4v) is 1.88. The molecule has 0 aromatic carbocycles. The fourth-order valence-electron chi connectivity index (χ4n) is 1.88. The van der Waals surface area contributed by atoms with Crippen LogP contribution in [0.4, 0.5) is 0 Å². The van der Waals surface area contributed by atoms with Crippen molar-refractivity contribution < 1.29 is 4.74 Å². The maximum absolute atomic E-state index is 5.34. The maximum atomic E-state index is 5.34. The van der Waals surface area contributed by atoms with Crippen LogP contribution in [0.1, 0.15) is 27.2 Å². The number of nitrogens with zero attached hydrogens (tertiary/aromatic N) is 1. The summed E-state index contributed by atoms with van der Waals surface area (Å²) in [5, 5.41) is 3.56. The van der Waals surface area contributed by atoms with Crippen molar-refractivity contribution in [3.63, 3.8) is 0 Å². The van der Waals surface area contributed by atoms with Gasteiger partial charge in [0.05, 0.1) is 6.10 Å². The molecule has 3 nitrogen and oxygen atoms in total. The van der Waals surface area contributed by atoms with Gasteiger partial charge in [-0.3, -0.25) is 4.90 Å². The minimum atomic E-state index is 0.465. The lowest BCUT2D eigenvalue weighted by atomic mass is 10.1. The van der Waals surface area contributed by atoms with Crippen LogP contribution in [0.3, 0.4) is 0 Å². The van der Waals surface area contributed by atoms with E-state index in [4.69, 9.17) is 4.74 Å². The van der Waals surface area contributed by atoms with E-state index in [0.29, 0.717) is 12.1 Å². The first kappa shape index (κ1) is 12.9. The van der Waals surface area contributed by atoms with Gasteiger partial charge in [0, 0.05) is 39.3 Å². The van der Waals surface area contributed by atoms with Gasteiger partial charge in [0.1, 0.15) is 0 Å². The Morgan fingerprint density at radius 2 is 2.13 bits per heavy atom.